The predicted octanol–water partition coefficient (Wildman–Crippen LogP) is -0.345. The first-order valence-corrected chi connectivity index (χ1v) is 4.94. The van der Waals surface area contributed by atoms with Gasteiger partial charge in [-0.05, 0) is 6.07 Å². The average Bonchev–Trinajstić information content (AvgIpc) is 2.67. The number of alkyl carbamates (subject to hydrolysis) is 1. The smallest absolute Gasteiger partial charge is 0.407 e. The van der Waals surface area contributed by atoms with Gasteiger partial charge in [0.2, 0.25) is 0 Å². The number of hydrogen-bond donors (Lipinski definition) is 2. The lowest BCUT2D eigenvalue weighted by Crippen LogP contribution is -2.28. The van der Waals surface area contributed by atoms with E-state index >= 15 is 0 Å². The molecule has 0 radical (unpaired) electrons. The first-order chi connectivity index (χ1) is 8.06. The van der Waals surface area contributed by atoms with Crippen LogP contribution in [0.2, 0.25) is 0 Å². The van der Waals surface area contributed by atoms with Crippen LogP contribution in [0.25, 0.3) is 0 Å². The lowest BCUT2D eigenvalue weighted by atomic mass is 10.2. The van der Waals surface area contributed by atoms with Gasteiger partial charge in [0.1, 0.15) is 6.10 Å². The summed E-state index contributed by atoms with van der Waals surface area (Å²) in [6, 6.07) is 2.41. The van der Waals surface area contributed by atoms with Gasteiger partial charge < -0.3 is 19.7 Å². The molecule has 1 aromatic heterocycles. The van der Waals surface area contributed by atoms with Crippen molar-refractivity contribution in [3.05, 3.63) is 34.2 Å². The summed E-state index contributed by atoms with van der Waals surface area (Å²) in [5.41, 5.74) is -0.320. The summed E-state index contributed by atoms with van der Waals surface area (Å²) < 4.78 is 6.08. The Morgan fingerprint density at radius 1 is 1.53 bits per heavy atom. The molecule has 1 saturated heterocycles. The minimum atomic E-state index is -1.11. The Morgan fingerprint density at radius 3 is 2.88 bits per heavy atom. The molecule has 0 saturated carbocycles. The van der Waals surface area contributed by atoms with Gasteiger partial charge in [-0.15, -0.1) is 0 Å². The highest BCUT2D eigenvalue weighted by molar-refractivity contribution is 5.87. The molecule has 1 aliphatic rings. The van der Waals surface area contributed by atoms with Crippen molar-refractivity contribution in [1.82, 2.24) is 9.88 Å². The number of aromatic nitrogens is 1. The van der Waals surface area contributed by atoms with E-state index in [1.165, 1.54) is 22.9 Å². The minimum absolute atomic E-state index is 0.0156. The van der Waals surface area contributed by atoms with Gasteiger partial charge in [0.15, 0.2) is 0 Å². The number of carbonyl (C=O) groups excluding carboxylic acids is 1. The topological polar surface area (TPSA) is 97.6 Å². The van der Waals surface area contributed by atoms with E-state index in [0.29, 0.717) is 6.54 Å². The lowest BCUT2D eigenvalue weighted by Gasteiger charge is -2.10. The molecule has 90 valence electrons. The molecule has 2 N–H and O–H groups in total. The molecule has 1 aromatic rings. The first kappa shape index (κ1) is 11.2. The molecular formula is C10H10N2O5. The number of carbonyl (C=O) groups is 2. The van der Waals surface area contributed by atoms with E-state index in [4.69, 9.17) is 9.84 Å². The van der Waals surface area contributed by atoms with Crippen molar-refractivity contribution in [1.29, 1.82) is 0 Å². The van der Waals surface area contributed by atoms with Crippen LogP contribution in [0, 0.1) is 0 Å². The van der Waals surface area contributed by atoms with Gasteiger partial charge in [-0.1, -0.05) is 0 Å². The van der Waals surface area contributed by atoms with Crippen LogP contribution in [0.5, 0.6) is 0 Å². The summed E-state index contributed by atoms with van der Waals surface area (Å²) in [7, 11) is 0. The van der Waals surface area contributed by atoms with Crippen LogP contribution in [0.1, 0.15) is 10.4 Å². The maximum absolute atomic E-state index is 11.5. The fraction of sp³-hybridized carbons (Fsp3) is 0.300. The minimum Gasteiger partial charge on any atom is -0.478 e. The Morgan fingerprint density at radius 2 is 2.29 bits per heavy atom. The third-order valence-corrected chi connectivity index (χ3v) is 2.38. The third-order valence-electron chi connectivity index (χ3n) is 2.38. The van der Waals surface area contributed by atoms with Crippen LogP contribution in [0.15, 0.2) is 23.1 Å². The van der Waals surface area contributed by atoms with Crippen LogP contribution in [-0.4, -0.2) is 34.4 Å². The van der Waals surface area contributed by atoms with Crippen molar-refractivity contribution in [2.45, 2.75) is 12.6 Å². The number of ether oxygens (including phenoxy) is 1. The van der Waals surface area contributed by atoms with Crippen molar-refractivity contribution >= 4 is 12.1 Å². The molecule has 2 heterocycles. The van der Waals surface area contributed by atoms with Crippen LogP contribution in [-0.2, 0) is 11.3 Å². The van der Waals surface area contributed by atoms with Gasteiger partial charge in [0.05, 0.1) is 18.7 Å². The highest BCUT2D eigenvalue weighted by atomic mass is 16.6. The summed E-state index contributed by atoms with van der Waals surface area (Å²) in [6.07, 6.45) is 0.248. The van der Waals surface area contributed by atoms with Crippen LogP contribution in [0.4, 0.5) is 4.79 Å². The Hall–Kier alpha value is -2.31. The molecule has 1 fully saturated rings. The molecule has 7 nitrogen and oxygen atoms in total. The molecule has 0 spiro atoms. The maximum atomic E-state index is 11.5. The van der Waals surface area contributed by atoms with E-state index in [9.17, 15) is 14.4 Å². The highest BCUT2D eigenvalue weighted by Crippen LogP contribution is 2.03. The second-order valence-corrected chi connectivity index (χ2v) is 3.62. The highest BCUT2D eigenvalue weighted by Gasteiger charge is 2.23. The van der Waals surface area contributed by atoms with E-state index in [-0.39, 0.29) is 17.7 Å². The largest absolute Gasteiger partial charge is 0.478 e. The molecule has 1 unspecified atom stereocenters. The molecule has 0 aromatic carbocycles. The number of cyclic esters (lactones) is 1. The molecule has 1 aliphatic heterocycles. The Bertz CT molecular complexity index is 522. The Kier molecular flexibility index (Phi) is 2.82. The number of nitrogens with one attached hydrogen (secondary N) is 1. The predicted molar refractivity (Wildman–Crippen MR) is 55.9 cm³/mol. The average molecular weight is 238 g/mol. The quantitative estimate of drug-likeness (QED) is 0.750. The van der Waals surface area contributed by atoms with Gasteiger partial charge in [0, 0.05) is 12.3 Å². The SMILES string of the molecule is O=C1NCC(Cn2cc(C(=O)O)ccc2=O)O1. The molecule has 7 heteroatoms. The monoisotopic (exact) mass is 238 g/mol. The van der Waals surface area contributed by atoms with E-state index < -0.39 is 18.2 Å². The second-order valence-electron chi connectivity index (χ2n) is 3.62. The zero-order chi connectivity index (χ0) is 12.4. The number of pyridine rings is 1. The summed E-state index contributed by atoms with van der Waals surface area (Å²) in [5.74, 6) is -1.11. The maximum Gasteiger partial charge on any atom is 0.407 e. The van der Waals surface area contributed by atoms with E-state index in [2.05, 4.69) is 5.32 Å². The van der Waals surface area contributed by atoms with Gasteiger partial charge >= 0.3 is 12.1 Å². The van der Waals surface area contributed by atoms with Gasteiger partial charge in [-0.3, -0.25) is 4.79 Å². The second kappa shape index (κ2) is 4.28. The molecule has 1 atom stereocenters. The van der Waals surface area contributed by atoms with Crippen molar-refractivity contribution in [3.63, 3.8) is 0 Å². The van der Waals surface area contributed by atoms with Crippen molar-refractivity contribution in [3.8, 4) is 0 Å². The summed E-state index contributed by atoms with van der Waals surface area (Å²) in [4.78, 5) is 33.0. The number of carboxylic acids is 1. The zero-order valence-electron chi connectivity index (χ0n) is 8.75. The van der Waals surface area contributed by atoms with E-state index in [1.807, 2.05) is 0 Å². The Balaban J connectivity index is 2.20. The van der Waals surface area contributed by atoms with Crippen LogP contribution in [0.3, 0.4) is 0 Å². The van der Waals surface area contributed by atoms with Crippen LogP contribution >= 0.6 is 0 Å². The molecular weight excluding hydrogens is 228 g/mol. The number of hydrogen-bond acceptors (Lipinski definition) is 4. The number of carboxylic acid groups (broad SMARTS) is 1. The fourth-order valence-corrected chi connectivity index (χ4v) is 1.55. The standard InChI is InChI=1S/C10H10N2O5/c13-8-2-1-6(9(14)15)4-12(8)5-7-3-11-10(16)17-7/h1-2,4,7H,3,5H2,(H,11,16)(H,14,15). The van der Waals surface area contributed by atoms with Gasteiger partial charge in [-0.2, -0.15) is 0 Å². The van der Waals surface area contributed by atoms with Crippen molar-refractivity contribution < 1.29 is 19.4 Å². The third kappa shape index (κ3) is 2.44. The lowest BCUT2D eigenvalue weighted by molar-refractivity contribution is 0.0694. The number of rotatable bonds is 3. The summed E-state index contributed by atoms with van der Waals surface area (Å²) in [5, 5.41) is 11.2. The molecule has 1 amide bonds. The van der Waals surface area contributed by atoms with Crippen molar-refractivity contribution in [2.75, 3.05) is 6.54 Å². The first-order valence-electron chi connectivity index (χ1n) is 4.94. The molecule has 2 rings (SSSR count). The molecule has 0 aliphatic carbocycles. The van der Waals surface area contributed by atoms with Gasteiger partial charge in [0.25, 0.3) is 5.56 Å². The van der Waals surface area contributed by atoms with Gasteiger partial charge in [-0.25, -0.2) is 9.59 Å². The number of aromatic carboxylic acids is 1. The normalized spacial score (nSPS) is 18.6. The van der Waals surface area contributed by atoms with E-state index in [1.54, 1.807) is 0 Å². The number of amides is 1. The van der Waals surface area contributed by atoms with Crippen LogP contribution < -0.4 is 10.9 Å². The molecule has 0 bridgehead atoms. The Labute approximate surface area is 95.6 Å². The molecule has 17 heavy (non-hydrogen) atoms. The summed E-state index contributed by atoms with van der Waals surface area (Å²) in [6.45, 7) is 0.446. The van der Waals surface area contributed by atoms with E-state index in [0.717, 1.165) is 0 Å². The number of nitrogens with zero attached hydrogens (tertiary/aromatic N) is 1. The zero-order valence-corrected chi connectivity index (χ0v) is 8.75. The summed E-state index contributed by atoms with van der Waals surface area (Å²) >= 11 is 0. The fourth-order valence-electron chi connectivity index (χ4n) is 1.55. The van der Waals surface area contributed by atoms with Crippen molar-refractivity contribution in [2.24, 2.45) is 0 Å².